The van der Waals surface area contributed by atoms with Crippen LogP contribution >= 0.6 is 0 Å². The van der Waals surface area contributed by atoms with Crippen LogP contribution in [0.5, 0.6) is 0 Å². The van der Waals surface area contributed by atoms with Gasteiger partial charge in [-0.2, -0.15) is 0 Å². The second-order valence-electron chi connectivity index (χ2n) is 4.79. The summed E-state index contributed by atoms with van der Waals surface area (Å²) in [7, 11) is 1.85. The average Bonchev–Trinajstić information content (AvgIpc) is 2.48. The molecule has 6 heteroatoms. The zero-order valence-electron chi connectivity index (χ0n) is 11.9. The molecule has 1 aromatic heterocycles. The van der Waals surface area contributed by atoms with Crippen LogP contribution in [0.3, 0.4) is 0 Å². The summed E-state index contributed by atoms with van der Waals surface area (Å²) in [6.07, 6.45) is 0. The second kappa shape index (κ2) is 6.21. The molecule has 1 aromatic carbocycles. The van der Waals surface area contributed by atoms with Gasteiger partial charge in [0.2, 0.25) is 0 Å². The van der Waals surface area contributed by atoms with E-state index in [4.69, 9.17) is 10.9 Å². The van der Waals surface area contributed by atoms with E-state index in [1.165, 1.54) is 12.1 Å². The van der Waals surface area contributed by atoms with E-state index < -0.39 is 0 Å². The normalized spacial score (nSPS) is 11.5. The van der Waals surface area contributed by atoms with Gasteiger partial charge in [0.05, 0.1) is 5.56 Å². The number of benzene rings is 1. The van der Waals surface area contributed by atoms with Gasteiger partial charge in [-0.3, -0.25) is 0 Å². The highest BCUT2D eigenvalue weighted by Crippen LogP contribution is 2.19. The predicted octanol–water partition coefficient (Wildman–Crippen LogP) is 2.26. The number of rotatable bonds is 4. The lowest BCUT2D eigenvalue weighted by Crippen LogP contribution is -2.24. The van der Waals surface area contributed by atoms with Gasteiger partial charge in [0.1, 0.15) is 11.6 Å². The van der Waals surface area contributed by atoms with Crippen LogP contribution in [0.1, 0.15) is 16.8 Å². The molecular weight excluding hydrogens is 271 g/mol. The van der Waals surface area contributed by atoms with Gasteiger partial charge in [0.15, 0.2) is 5.84 Å². The topological polar surface area (TPSA) is 74.7 Å². The van der Waals surface area contributed by atoms with Gasteiger partial charge in [-0.05, 0) is 36.8 Å². The quantitative estimate of drug-likeness (QED) is 0.392. The molecule has 0 aliphatic carbocycles. The molecule has 0 saturated carbocycles. The lowest BCUT2D eigenvalue weighted by atomic mass is 10.1. The monoisotopic (exact) mass is 288 g/mol. The van der Waals surface area contributed by atoms with E-state index in [0.717, 1.165) is 11.3 Å². The summed E-state index contributed by atoms with van der Waals surface area (Å²) in [5, 5.41) is 11.9. The summed E-state index contributed by atoms with van der Waals surface area (Å²) < 4.78 is 12.9. The van der Waals surface area contributed by atoms with Crippen LogP contribution in [0.4, 0.5) is 10.2 Å². The Bertz CT molecular complexity index is 655. The smallest absolute Gasteiger partial charge is 0.173 e. The highest BCUT2D eigenvalue weighted by atomic mass is 19.1. The number of nitrogens with two attached hydrogens (primary N) is 1. The van der Waals surface area contributed by atoms with Crippen molar-refractivity contribution in [1.82, 2.24) is 4.98 Å². The molecule has 0 fully saturated rings. The predicted molar refractivity (Wildman–Crippen MR) is 80.0 cm³/mol. The molecule has 0 unspecified atom stereocenters. The lowest BCUT2D eigenvalue weighted by molar-refractivity contribution is 0.318. The third-order valence-corrected chi connectivity index (χ3v) is 3.09. The van der Waals surface area contributed by atoms with Crippen LogP contribution in [0.2, 0.25) is 0 Å². The number of pyridine rings is 1. The van der Waals surface area contributed by atoms with Gasteiger partial charge in [-0.15, -0.1) is 0 Å². The van der Waals surface area contributed by atoms with Gasteiger partial charge >= 0.3 is 0 Å². The molecule has 1 heterocycles. The molecule has 110 valence electrons. The molecule has 5 nitrogen and oxygen atoms in total. The lowest BCUT2D eigenvalue weighted by Gasteiger charge is -2.21. The molecule has 0 bridgehead atoms. The minimum atomic E-state index is -0.271. The highest BCUT2D eigenvalue weighted by molar-refractivity contribution is 6.01. The van der Waals surface area contributed by atoms with E-state index in [-0.39, 0.29) is 11.7 Å². The number of aromatic nitrogens is 1. The highest BCUT2D eigenvalue weighted by Gasteiger charge is 2.13. The second-order valence-corrected chi connectivity index (χ2v) is 4.79. The van der Waals surface area contributed by atoms with E-state index in [1.54, 1.807) is 24.3 Å². The zero-order chi connectivity index (χ0) is 15.4. The number of aryl methyl sites for hydroxylation is 1. The van der Waals surface area contributed by atoms with E-state index in [0.29, 0.717) is 17.9 Å². The first-order valence-electron chi connectivity index (χ1n) is 6.42. The summed E-state index contributed by atoms with van der Waals surface area (Å²) in [6, 6.07) is 9.81. The maximum absolute atomic E-state index is 12.9. The summed E-state index contributed by atoms with van der Waals surface area (Å²) in [5.74, 6) is 0.338. The summed E-state index contributed by atoms with van der Waals surface area (Å²) in [6.45, 7) is 2.40. The molecule has 2 rings (SSSR count). The molecule has 0 aliphatic heterocycles. The van der Waals surface area contributed by atoms with Crippen molar-refractivity contribution < 1.29 is 9.60 Å². The number of anilines is 1. The number of amidine groups is 1. The molecule has 0 amide bonds. The zero-order valence-corrected chi connectivity index (χ0v) is 11.9. The third kappa shape index (κ3) is 3.47. The number of hydrogen-bond donors (Lipinski definition) is 2. The van der Waals surface area contributed by atoms with Crippen molar-refractivity contribution in [3.8, 4) is 0 Å². The number of nitrogens with zero attached hydrogens (tertiary/aromatic N) is 3. The third-order valence-electron chi connectivity index (χ3n) is 3.09. The van der Waals surface area contributed by atoms with E-state index in [1.807, 2.05) is 18.9 Å². The Morgan fingerprint density at radius 3 is 2.57 bits per heavy atom. The van der Waals surface area contributed by atoms with Crippen LogP contribution in [0.25, 0.3) is 0 Å². The number of hydrogen-bond acceptors (Lipinski definition) is 4. The molecule has 3 N–H and O–H groups in total. The summed E-state index contributed by atoms with van der Waals surface area (Å²) >= 11 is 0. The van der Waals surface area contributed by atoms with Gasteiger partial charge in [-0.25, -0.2) is 9.37 Å². The van der Waals surface area contributed by atoms with Crippen LogP contribution in [-0.2, 0) is 6.54 Å². The fourth-order valence-electron chi connectivity index (χ4n) is 2.03. The maximum atomic E-state index is 12.9. The minimum absolute atomic E-state index is 0.00320. The molecule has 0 atom stereocenters. The van der Waals surface area contributed by atoms with Crippen molar-refractivity contribution >= 4 is 11.7 Å². The summed E-state index contributed by atoms with van der Waals surface area (Å²) in [4.78, 5) is 6.30. The van der Waals surface area contributed by atoms with E-state index in [9.17, 15) is 4.39 Å². The Hall–Kier alpha value is -2.63. The van der Waals surface area contributed by atoms with Crippen molar-refractivity contribution in [3.05, 3.63) is 59.0 Å². The fraction of sp³-hybridized carbons (Fsp3) is 0.200. The van der Waals surface area contributed by atoms with E-state index in [2.05, 4.69) is 10.1 Å². The number of oxime groups is 1. The Kier molecular flexibility index (Phi) is 4.37. The van der Waals surface area contributed by atoms with E-state index >= 15 is 0 Å². The van der Waals surface area contributed by atoms with Crippen LogP contribution in [-0.4, -0.2) is 23.1 Å². The van der Waals surface area contributed by atoms with Gasteiger partial charge in [-0.1, -0.05) is 17.3 Å². The van der Waals surface area contributed by atoms with Crippen molar-refractivity contribution in [2.75, 3.05) is 11.9 Å². The van der Waals surface area contributed by atoms with Crippen molar-refractivity contribution in [3.63, 3.8) is 0 Å². The maximum Gasteiger partial charge on any atom is 0.173 e. The largest absolute Gasteiger partial charge is 0.409 e. The van der Waals surface area contributed by atoms with Crippen LogP contribution < -0.4 is 10.6 Å². The minimum Gasteiger partial charge on any atom is -0.409 e. The SMILES string of the molecule is Cc1ccc(C(N)=NO)c(N(C)Cc2ccc(F)cc2)n1. The number of halogens is 1. The fourth-order valence-corrected chi connectivity index (χ4v) is 2.03. The average molecular weight is 288 g/mol. The van der Waals surface area contributed by atoms with Gasteiger partial charge in [0, 0.05) is 19.3 Å². The van der Waals surface area contributed by atoms with Crippen LogP contribution in [0, 0.1) is 12.7 Å². The Balaban J connectivity index is 2.31. The molecule has 2 aromatic rings. The Morgan fingerprint density at radius 2 is 1.95 bits per heavy atom. The first-order valence-corrected chi connectivity index (χ1v) is 6.42. The first-order chi connectivity index (χ1) is 10.0. The van der Waals surface area contributed by atoms with Gasteiger partial charge in [0.25, 0.3) is 0 Å². The molecule has 21 heavy (non-hydrogen) atoms. The molecule has 0 aliphatic rings. The molecular formula is C15H17FN4O. The van der Waals surface area contributed by atoms with Crippen LogP contribution in [0.15, 0.2) is 41.6 Å². The van der Waals surface area contributed by atoms with Gasteiger partial charge < -0.3 is 15.8 Å². The Morgan fingerprint density at radius 1 is 1.29 bits per heavy atom. The van der Waals surface area contributed by atoms with Crippen molar-refractivity contribution in [2.45, 2.75) is 13.5 Å². The molecule has 0 saturated heterocycles. The Labute approximate surface area is 122 Å². The standard InChI is InChI=1S/C15H17FN4O/c1-10-3-8-13(14(17)19-21)15(18-10)20(2)9-11-4-6-12(16)7-5-11/h3-8,21H,9H2,1-2H3,(H2,17,19). The molecule has 0 spiro atoms. The first kappa shape index (κ1) is 14.8. The van der Waals surface area contributed by atoms with Crippen molar-refractivity contribution in [2.24, 2.45) is 10.9 Å². The summed E-state index contributed by atoms with van der Waals surface area (Å²) in [5.41, 5.74) is 7.99. The van der Waals surface area contributed by atoms with Crippen molar-refractivity contribution in [1.29, 1.82) is 0 Å². The molecule has 0 radical (unpaired) electrons.